The standard InChI is InChI=1S/C12H16ClN3O/c1-15-6-8-16(9-7-15)14-12(17)10-2-4-11(13)5-3-10/h2-5H,6-9H2,1H3,(H,14,17). The average molecular weight is 254 g/mol. The lowest BCUT2D eigenvalue weighted by molar-refractivity contribution is 0.0662. The molecule has 0 bridgehead atoms. The van der Waals surface area contributed by atoms with Crippen LogP contribution in [0, 0.1) is 0 Å². The third-order valence-corrected chi connectivity index (χ3v) is 3.12. The number of carbonyl (C=O) groups excluding carboxylic acids is 1. The topological polar surface area (TPSA) is 35.6 Å². The smallest absolute Gasteiger partial charge is 0.265 e. The van der Waals surface area contributed by atoms with Crippen LogP contribution in [0.25, 0.3) is 0 Å². The molecule has 0 saturated carbocycles. The predicted molar refractivity (Wildman–Crippen MR) is 68.0 cm³/mol. The van der Waals surface area contributed by atoms with Crippen molar-refractivity contribution in [2.75, 3.05) is 33.2 Å². The van der Waals surface area contributed by atoms with Gasteiger partial charge >= 0.3 is 0 Å². The van der Waals surface area contributed by atoms with Crippen molar-refractivity contribution in [1.29, 1.82) is 0 Å². The summed E-state index contributed by atoms with van der Waals surface area (Å²) in [6.07, 6.45) is 0. The second-order valence-corrected chi connectivity index (χ2v) is 4.67. The van der Waals surface area contributed by atoms with E-state index in [1.807, 2.05) is 5.01 Å². The molecule has 2 rings (SSSR count). The number of rotatable bonds is 2. The van der Waals surface area contributed by atoms with E-state index in [-0.39, 0.29) is 5.91 Å². The number of amides is 1. The molecule has 1 aromatic carbocycles. The van der Waals surface area contributed by atoms with Crippen LogP contribution in [0.2, 0.25) is 5.02 Å². The van der Waals surface area contributed by atoms with E-state index in [9.17, 15) is 4.79 Å². The molecule has 0 aromatic heterocycles. The monoisotopic (exact) mass is 253 g/mol. The van der Waals surface area contributed by atoms with Gasteiger partial charge in [0.2, 0.25) is 0 Å². The lowest BCUT2D eigenvalue weighted by Crippen LogP contribution is -2.52. The van der Waals surface area contributed by atoms with Gasteiger partial charge in [0, 0.05) is 36.8 Å². The lowest BCUT2D eigenvalue weighted by Gasteiger charge is -2.32. The maximum atomic E-state index is 11.9. The van der Waals surface area contributed by atoms with Gasteiger partial charge in [0.05, 0.1) is 0 Å². The Morgan fingerprint density at radius 2 is 1.76 bits per heavy atom. The summed E-state index contributed by atoms with van der Waals surface area (Å²) in [6.45, 7) is 3.66. The number of nitrogens with zero attached hydrogens (tertiary/aromatic N) is 2. The van der Waals surface area contributed by atoms with Crippen molar-refractivity contribution in [3.63, 3.8) is 0 Å². The molecule has 4 nitrogen and oxygen atoms in total. The number of benzene rings is 1. The van der Waals surface area contributed by atoms with Gasteiger partial charge < -0.3 is 4.90 Å². The fourth-order valence-corrected chi connectivity index (χ4v) is 1.85. The minimum absolute atomic E-state index is 0.0776. The van der Waals surface area contributed by atoms with E-state index in [4.69, 9.17) is 11.6 Å². The van der Waals surface area contributed by atoms with Gasteiger partial charge in [-0.2, -0.15) is 0 Å². The number of hydrogen-bond acceptors (Lipinski definition) is 3. The van der Waals surface area contributed by atoms with Crippen LogP contribution in [0.4, 0.5) is 0 Å². The molecular weight excluding hydrogens is 238 g/mol. The lowest BCUT2D eigenvalue weighted by atomic mass is 10.2. The highest BCUT2D eigenvalue weighted by Crippen LogP contribution is 2.09. The van der Waals surface area contributed by atoms with E-state index in [1.54, 1.807) is 24.3 Å². The van der Waals surface area contributed by atoms with Gasteiger partial charge in [-0.25, -0.2) is 5.01 Å². The minimum atomic E-state index is -0.0776. The van der Waals surface area contributed by atoms with E-state index < -0.39 is 0 Å². The zero-order valence-electron chi connectivity index (χ0n) is 9.82. The van der Waals surface area contributed by atoms with Crippen LogP contribution in [0.3, 0.4) is 0 Å². The van der Waals surface area contributed by atoms with Crippen molar-refractivity contribution in [1.82, 2.24) is 15.3 Å². The summed E-state index contributed by atoms with van der Waals surface area (Å²) in [5, 5.41) is 2.60. The maximum Gasteiger partial charge on any atom is 0.265 e. The van der Waals surface area contributed by atoms with Crippen LogP contribution in [-0.4, -0.2) is 49.0 Å². The van der Waals surface area contributed by atoms with Crippen molar-refractivity contribution in [2.24, 2.45) is 0 Å². The maximum absolute atomic E-state index is 11.9. The summed E-state index contributed by atoms with van der Waals surface area (Å²) in [7, 11) is 2.08. The van der Waals surface area contributed by atoms with Gasteiger partial charge in [-0.1, -0.05) is 11.6 Å². The number of hydrazine groups is 1. The van der Waals surface area contributed by atoms with Crippen LogP contribution in [0.15, 0.2) is 24.3 Å². The first-order chi connectivity index (χ1) is 8.15. The van der Waals surface area contributed by atoms with Crippen LogP contribution < -0.4 is 5.43 Å². The highest BCUT2D eigenvalue weighted by atomic mass is 35.5. The number of nitrogens with one attached hydrogen (secondary N) is 1. The summed E-state index contributed by atoms with van der Waals surface area (Å²) in [5.41, 5.74) is 3.53. The van der Waals surface area contributed by atoms with Crippen molar-refractivity contribution in [3.05, 3.63) is 34.9 Å². The highest BCUT2D eigenvalue weighted by molar-refractivity contribution is 6.30. The third kappa shape index (κ3) is 3.43. The van der Waals surface area contributed by atoms with Crippen LogP contribution in [0.1, 0.15) is 10.4 Å². The molecule has 0 atom stereocenters. The molecule has 5 heteroatoms. The molecule has 17 heavy (non-hydrogen) atoms. The van der Waals surface area contributed by atoms with Crippen molar-refractivity contribution >= 4 is 17.5 Å². The Morgan fingerprint density at radius 1 is 1.18 bits per heavy atom. The molecule has 1 aliphatic rings. The largest absolute Gasteiger partial charge is 0.304 e. The molecule has 1 saturated heterocycles. The molecule has 0 spiro atoms. The second-order valence-electron chi connectivity index (χ2n) is 4.24. The van der Waals surface area contributed by atoms with Crippen LogP contribution in [-0.2, 0) is 0 Å². The normalized spacial score (nSPS) is 18.0. The third-order valence-electron chi connectivity index (χ3n) is 2.87. The first-order valence-corrected chi connectivity index (χ1v) is 6.03. The van der Waals surface area contributed by atoms with E-state index in [0.717, 1.165) is 26.2 Å². The molecular formula is C12H16ClN3O. The van der Waals surface area contributed by atoms with E-state index in [1.165, 1.54) is 0 Å². The molecule has 1 heterocycles. The molecule has 1 aromatic rings. The summed E-state index contributed by atoms with van der Waals surface area (Å²) in [4.78, 5) is 14.1. The van der Waals surface area contributed by atoms with E-state index in [0.29, 0.717) is 10.6 Å². The summed E-state index contributed by atoms with van der Waals surface area (Å²) in [6, 6.07) is 6.91. The van der Waals surface area contributed by atoms with Crippen LogP contribution in [0.5, 0.6) is 0 Å². The van der Waals surface area contributed by atoms with Gasteiger partial charge in [-0.15, -0.1) is 0 Å². The first-order valence-electron chi connectivity index (χ1n) is 5.65. The number of hydrogen-bond donors (Lipinski definition) is 1. The molecule has 92 valence electrons. The van der Waals surface area contributed by atoms with Gasteiger partial charge in [0.25, 0.3) is 5.91 Å². The zero-order chi connectivity index (χ0) is 12.3. The van der Waals surface area contributed by atoms with Crippen molar-refractivity contribution in [3.8, 4) is 0 Å². The molecule has 0 aliphatic carbocycles. The highest BCUT2D eigenvalue weighted by Gasteiger charge is 2.16. The zero-order valence-corrected chi connectivity index (χ0v) is 10.6. The molecule has 0 radical (unpaired) electrons. The van der Waals surface area contributed by atoms with Crippen LogP contribution >= 0.6 is 11.6 Å². The fraction of sp³-hybridized carbons (Fsp3) is 0.417. The second kappa shape index (κ2) is 5.49. The number of likely N-dealkylation sites (N-methyl/N-ethyl adjacent to an activating group) is 1. The predicted octanol–water partition coefficient (Wildman–Crippen LogP) is 1.23. The summed E-state index contributed by atoms with van der Waals surface area (Å²) >= 11 is 5.78. The van der Waals surface area contributed by atoms with Crippen molar-refractivity contribution < 1.29 is 4.79 Å². The Morgan fingerprint density at radius 3 is 2.35 bits per heavy atom. The van der Waals surface area contributed by atoms with Gasteiger partial charge in [-0.3, -0.25) is 10.2 Å². The number of carbonyl (C=O) groups is 1. The fourth-order valence-electron chi connectivity index (χ4n) is 1.73. The first kappa shape index (κ1) is 12.4. The molecule has 1 fully saturated rings. The van der Waals surface area contributed by atoms with E-state index in [2.05, 4.69) is 17.4 Å². The molecule has 0 unspecified atom stereocenters. The average Bonchev–Trinajstić information content (AvgIpc) is 2.33. The Labute approximate surface area is 106 Å². The van der Waals surface area contributed by atoms with Crippen molar-refractivity contribution in [2.45, 2.75) is 0 Å². The molecule has 1 amide bonds. The Kier molecular flexibility index (Phi) is 3.99. The Balaban J connectivity index is 1.91. The number of piperazine rings is 1. The molecule has 1 aliphatic heterocycles. The Hall–Kier alpha value is -1.10. The quantitative estimate of drug-likeness (QED) is 0.861. The number of halogens is 1. The Bertz CT molecular complexity index is 385. The van der Waals surface area contributed by atoms with Gasteiger partial charge in [0.15, 0.2) is 0 Å². The minimum Gasteiger partial charge on any atom is -0.304 e. The molecule has 1 N–H and O–H groups in total. The van der Waals surface area contributed by atoms with Gasteiger partial charge in [-0.05, 0) is 31.3 Å². The summed E-state index contributed by atoms with van der Waals surface area (Å²) < 4.78 is 0. The van der Waals surface area contributed by atoms with E-state index >= 15 is 0 Å². The summed E-state index contributed by atoms with van der Waals surface area (Å²) in [5.74, 6) is -0.0776. The van der Waals surface area contributed by atoms with Gasteiger partial charge in [0.1, 0.15) is 0 Å². The SMILES string of the molecule is CN1CCN(NC(=O)c2ccc(Cl)cc2)CC1.